The second-order valence-electron chi connectivity index (χ2n) is 5.38. The molecule has 0 saturated heterocycles. The molecule has 0 bridgehead atoms. The lowest BCUT2D eigenvalue weighted by atomic mass is 10.0. The molecule has 0 aliphatic rings. The first-order valence-electron chi connectivity index (χ1n) is 6.82. The quantitative estimate of drug-likeness (QED) is 0.569. The van der Waals surface area contributed by atoms with Crippen molar-refractivity contribution in [2.45, 2.75) is 39.5 Å². The lowest BCUT2D eigenvalue weighted by Crippen LogP contribution is -1.95. The van der Waals surface area contributed by atoms with Gasteiger partial charge in [-0.2, -0.15) is 0 Å². The molecule has 0 aliphatic heterocycles. The van der Waals surface area contributed by atoms with Gasteiger partial charge in [-0.05, 0) is 68.5 Å². The number of hydrogen-bond donors (Lipinski definition) is 1. The van der Waals surface area contributed by atoms with Crippen LogP contribution in [-0.2, 0) is 0 Å². The van der Waals surface area contributed by atoms with Gasteiger partial charge in [-0.3, -0.25) is 4.99 Å². The van der Waals surface area contributed by atoms with Crippen LogP contribution in [0.3, 0.4) is 0 Å². The van der Waals surface area contributed by atoms with E-state index < -0.39 is 0 Å². The van der Waals surface area contributed by atoms with Gasteiger partial charge in [0.1, 0.15) is 0 Å². The van der Waals surface area contributed by atoms with E-state index in [0.717, 1.165) is 16.1 Å². The summed E-state index contributed by atoms with van der Waals surface area (Å²) in [5.41, 5.74) is 8.34. The van der Waals surface area contributed by atoms with Crippen molar-refractivity contribution in [2.75, 3.05) is 0 Å². The summed E-state index contributed by atoms with van der Waals surface area (Å²) >= 11 is 4.64. The van der Waals surface area contributed by atoms with E-state index >= 15 is 0 Å². The number of aliphatic imine (C=N–C) groups is 1. The molecular weight excluding hydrogens is 262 g/mol. The fourth-order valence-electron chi connectivity index (χ4n) is 2.34. The first-order valence-corrected chi connectivity index (χ1v) is 7.26. The highest BCUT2D eigenvalue weighted by Crippen LogP contribution is 2.26. The van der Waals surface area contributed by atoms with E-state index in [9.17, 15) is 0 Å². The van der Waals surface area contributed by atoms with Crippen molar-refractivity contribution in [3.63, 3.8) is 0 Å². The summed E-state index contributed by atoms with van der Waals surface area (Å²) in [6.07, 6.45) is 1.93. The maximum Gasteiger partial charge on any atom is 0.0688 e. The average Bonchev–Trinajstić information content (AvgIpc) is 2.41. The summed E-state index contributed by atoms with van der Waals surface area (Å²) in [7, 11) is 0. The van der Waals surface area contributed by atoms with Crippen molar-refractivity contribution in [3.05, 3.63) is 57.6 Å². The molecule has 0 spiro atoms. The summed E-state index contributed by atoms with van der Waals surface area (Å²) in [6, 6.07) is 8.40. The lowest BCUT2D eigenvalue weighted by Gasteiger charge is -2.11. The highest BCUT2D eigenvalue weighted by Gasteiger charge is 2.06. The van der Waals surface area contributed by atoms with Gasteiger partial charge in [0.15, 0.2) is 0 Å². The summed E-state index contributed by atoms with van der Waals surface area (Å²) in [6.45, 7) is 10.6. The Morgan fingerprint density at radius 1 is 0.900 bits per heavy atom. The highest BCUT2D eigenvalue weighted by molar-refractivity contribution is 7.80. The van der Waals surface area contributed by atoms with Crippen LogP contribution in [0.25, 0.3) is 0 Å². The van der Waals surface area contributed by atoms with Gasteiger partial charge >= 0.3 is 0 Å². The van der Waals surface area contributed by atoms with Crippen LogP contribution in [-0.4, -0.2) is 6.21 Å². The molecule has 2 rings (SSSR count). The Bertz CT molecular complexity index is 664. The number of aryl methyl sites for hydroxylation is 3. The Kier molecular flexibility index (Phi) is 4.34. The van der Waals surface area contributed by atoms with Crippen molar-refractivity contribution < 1.29 is 0 Å². The summed E-state index contributed by atoms with van der Waals surface area (Å²) in [5.74, 6) is 0. The van der Waals surface area contributed by atoms with Gasteiger partial charge in [0.2, 0.25) is 0 Å². The number of benzene rings is 2. The van der Waals surface area contributed by atoms with Gasteiger partial charge < -0.3 is 0 Å². The minimum Gasteiger partial charge on any atom is -0.256 e. The molecular formula is C18H21NS. The molecule has 0 unspecified atom stereocenters. The first-order chi connectivity index (χ1) is 9.41. The number of para-hydroxylation sites is 1. The zero-order valence-electron chi connectivity index (χ0n) is 12.8. The van der Waals surface area contributed by atoms with Crippen LogP contribution >= 0.6 is 12.6 Å². The smallest absolute Gasteiger partial charge is 0.0688 e. The Labute approximate surface area is 127 Å². The summed E-state index contributed by atoms with van der Waals surface area (Å²) in [4.78, 5) is 5.69. The van der Waals surface area contributed by atoms with Crippen molar-refractivity contribution in [3.8, 4) is 0 Å². The summed E-state index contributed by atoms with van der Waals surface area (Å²) < 4.78 is 0. The van der Waals surface area contributed by atoms with Gasteiger partial charge in [-0.25, -0.2) is 0 Å². The van der Waals surface area contributed by atoms with Gasteiger partial charge in [0.25, 0.3) is 0 Å². The van der Waals surface area contributed by atoms with Crippen LogP contribution in [0.15, 0.2) is 34.2 Å². The molecule has 0 N–H and O–H groups in total. The number of rotatable bonds is 2. The van der Waals surface area contributed by atoms with Gasteiger partial charge in [0, 0.05) is 16.7 Å². The predicted molar refractivity (Wildman–Crippen MR) is 91.1 cm³/mol. The van der Waals surface area contributed by atoms with E-state index in [1.165, 1.54) is 27.8 Å². The van der Waals surface area contributed by atoms with Crippen molar-refractivity contribution in [2.24, 2.45) is 4.99 Å². The van der Waals surface area contributed by atoms with Gasteiger partial charge in [0.05, 0.1) is 5.69 Å². The van der Waals surface area contributed by atoms with E-state index in [0.29, 0.717) is 0 Å². The van der Waals surface area contributed by atoms with Crippen LogP contribution in [0.1, 0.15) is 33.4 Å². The molecule has 2 aromatic carbocycles. The maximum atomic E-state index is 4.67. The summed E-state index contributed by atoms with van der Waals surface area (Å²) in [5, 5.41) is 0. The van der Waals surface area contributed by atoms with Crippen LogP contribution in [0.2, 0.25) is 0 Å². The highest BCUT2D eigenvalue weighted by atomic mass is 32.1. The molecule has 0 atom stereocenters. The molecule has 1 nitrogen and oxygen atoms in total. The SMILES string of the molecule is Cc1cc(C=Nc2c(C)cccc2C)c(S)c(C)c1C. The zero-order chi connectivity index (χ0) is 14.9. The van der Waals surface area contributed by atoms with E-state index in [1.807, 2.05) is 6.21 Å². The number of hydrogen-bond acceptors (Lipinski definition) is 2. The fourth-order valence-corrected chi connectivity index (χ4v) is 2.63. The Morgan fingerprint density at radius 3 is 2.10 bits per heavy atom. The largest absolute Gasteiger partial charge is 0.256 e. The Morgan fingerprint density at radius 2 is 1.50 bits per heavy atom. The molecule has 0 aromatic heterocycles. The van der Waals surface area contributed by atoms with Crippen LogP contribution in [0, 0.1) is 34.6 Å². The molecule has 2 aromatic rings. The molecule has 0 saturated carbocycles. The molecule has 2 heteroatoms. The molecule has 0 heterocycles. The van der Waals surface area contributed by atoms with Gasteiger partial charge in [-0.1, -0.05) is 18.2 Å². The predicted octanol–water partition coefficient (Wildman–Crippen LogP) is 5.27. The lowest BCUT2D eigenvalue weighted by molar-refractivity contribution is 1.18. The Hall–Kier alpha value is -1.54. The standard InChI is InChI=1S/C18H21NS/c1-11-7-6-8-12(2)17(11)19-10-16-9-13(3)14(4)15(5)18(16)20/h6-10,20H,1-5H3. The maximum absolute atomic E-state index is 4.67. The normalized spacial score (nSPS) is 11.3. The molecule has 0 aliphatic carbocycles. The van der Waals surface area contributed by atoms with Crippen molar-refractivity contribution in [1.29, 1.82) is 0 Å². The minimum atomic E-state index is 1.02. The van der Waals surface area contributed by atoms with Gasteiger partial charge in [-0.15, -0.1) is 12.6 Å². The zero-order valence-corrected chi connectivity index (χ0v) is 13.7. The van der Waals surface area contributed by atoms with Crippen molar-refractivity contribution in [1.82, 2.24) is 0 Å². The third-order valence-corrected chi connectivity index (χ3v) is 4.52. The van der Waals surface area contributed by atoms with Crippen LogP contribution < -0.4 is 0 Å². The molecule has 0 fully saturated rings. The average molecular weight is 283 g/mol. The second-order valence-corrected chi connectivity index (χ2v) is 5.83. The molecule has 20 heavy (non-hydrogen) atoms. The molecule has 0 radical (unpaired) electrons. The fraction of sp³-hybridized carbons (Fsp3) is 0.278. The van der Waals surface area contributed by atoms with E-state index in [2.05, 4.69) is 76.5 Å². The topological polar surface area (TPSA) is 12.4 Å². The number of nitrogens with zero attached hydrogens (tertiary/aromatic N) is 1. The van der Waals surface area contributed by atoms with Crippen molar-refractivity contribution >= 4 is 24.5 Å². The molecule has 104 valence electrons. The third kappa shape index (κ3) is 2.80. The van der Waals surface area contributed by atoms with E-state index in [4.69, 9.17) is 0 Å². The number of thiol groups is 1. The second kappa shape index (κ2) is 5.84. The van der Waals surface area contributed by atoms with E-state index in [-0.39, 0.29) is 0 Å². The Balaban J connectivity index is 2.48. The first kappa shape index (κ1) is 14.9. The van der Waals surface area contributed by atoms with E-state index in [1.54, 1.807) is 0 Å². The third-order valence-electron chi connectivity index (χ3n) is 3.93. The van der Waals surface area contributed by atoms with Crippen LogP contribution in [0.5, 0.6) is 0 Å². The minimum absolute atomic E-state index is 1.02. The molecule has 0 amide bonds. The van der Waals surface area contributed by atoms with Crippen LogP contribution in [0.4, 0.5) is 5.69 Å². The monoisotopic (exact) mass is 283 g/mol.